The highest BCUT2D eigenvalue weighted by Gasteiger charge is 2.37. The largest absolute Gasteiger partial charge is 0.485 e. The number of hydrogen-bond acceptors (Lipinski definition) is 5. The first-order valence-electron chi connectivity index (χ1n) is 8.54. The van der Waals surface area contributed by atoms with Crippen molar-refractivity contribution in [2.75, 3.05) is 6.61 Å². The second-order valence-electron chi connectivity index (χ2n) is 6.51. The van der Waals surface area contributed by atoms with Gasteiger partial charge in [0.05, 0.1) is 6.61 Å². The zero-order valence-electron chi connectivity index (χ0n) is 15.4. The lowest BCUT2D eigenvalue weighted by atomic mass is 9.82. The van der Waals surface area contributed by atoms with Gasteiger partial charge in [0.1, 0.15) is 29.4 Å². The van der Waals surface area contributed by atoms with Crippen molar-refractivity contribution < 1.29 is 19.1 Å². The zero-order chi connectivity index (χ0) is 18.9. The van der Waals surface area contributed by atoms with E-state index in [1.807, 2.05) is 30.8 Å². The first-order chi connectivity index (χ1) is 12.4. The van der Waals surface area contributed by atoms with Crippen LogP contribution in [0.4, 0.5) is 0 Å². The topological polar surface area (TPSA) is 70.4 Å². The van der Waals surface area contributed by atoms with Gasteiger partial charge >= 0.3 is 5.97 Å². The molecule has 6 nitrogen and oxygen atoms in total. The molecule has 2 unspecified atom stereocenters. The Morgan fingerprint density at radius 1 is 1.46 bits per heavy atom. The molecule has 1 aromatic carbocycles. The van der Waals surface area contributed by atoms with Crippen LogP contribution in [0.2, 0.25) is 0 Å². The standard InChI is InChI=1S/C20H22N2O4/c1-5-25-19(24)20(3,12-23)15-6-7-17-14(10-15)11-16(13(2)26-17)18-21-8-9-22(18)4/h6-13H,5H2,1-4H3. The van der Waals surface area contributed by atoms with Crippen molar-refractivity contribution >= 4 is 23.9 Å². The van der Waals surface area contributed by atoms with Crippen LogP contribution in [-0.2, 0) is 26.8 Å². The molecule has 0 fully saturated rings. The van der Waals surface area contributed by atoms with E-state index in [2.05, 4.69) is 4.98 Å². The Morgan fingerprint density at radius 3 is 2.85 bits per heavy atom. The number of carbonyl (C=O) groups excluding carboxylic acids is 2. The Kier molecular flexibility index (Phi) is 4.68. The lowest BCUT2D eigenvalue weighted by molar-refractivity contribution is -0.150. The molecule has 0 aliphatic carbocycles. The molecule has 2 aromatic rings. The summed E-state index contributed by atoms with van der Waals surface area (Å²) >= 11 is 0. The molecule has 0 N–H and O–H groups in total. The van der Waals surface area contributed by atoms with Crippen LogP contribution in [0, 0.1) is 0 Å². The molecule has 2 atom stereocenters. The van der Waals surface area contributed by atoms with Crippen LogP contribution in [0.25, 0.3) is 11.6 Å². The molecule has 0 amide bonds. The highest BCUT2D eigenvalue weighted by Crippen LogP contribution is 2.36. The molecule has 0 spiro atoms. The van der Waals surface area contributed by atoms with Gasteiger partial charge in [-0.2, -0.15) is 0 Å². The van der Waals surface area contributed by atoms with E-state index in [9.17, 15) is 9.59 Å². The summed E-state index contributed by atoms with van der Waals surface area (Å²) < 4.78 is 13.0. The fourth-order valence-corrected chi connectivity index (χ4v) is 3.04. The van der Waals surface area contributed by atoms with E-state index in [0.29, 0.717) is 17.6 Å². The minimum Gasteiger partial charge on any atom is -0.485 e. The van der Waals surface area contributed by atoms with E-state index in [1.165, 1.54) is 0 Å². The Bertz CT molecular complexity index is 884. The number of imidazole rings is 1. The van der Waals surface area contributed by atoms with Gasteiger partial charge in [0.2, 0.25) is 0 Å². The van der Waals surface area contributed by atoms with E-state index in [-0.39, 0.29) is 12.7 Å². The number of aryl methyl sites for hydroxylation is 1. The van der Waals surface area contributed by atoms with E-state index in [1.54, 1.807) is 38.2 Å². The molecule has 0 bridgehead atoms. The van der Waals surface area contributed by atoms with Gasteiger partial charge in [-0.1, -0.05) is 6.07 Å². The second kappa shape index (κ2) is 6.78. The van der Waals surface area contributed by atoms with Crippen molar-refractivity contribution in [3.63, 3.8) is 0 Å². The monoisotopic (exact) mass is 354 g/mol. The lowest BCUT2D eigenvalue weighted by Gasteiger charge is -2.27. The van der Waals surface area contributed by atoms with Crippen molar-refractivity contribution in [2.45, 2.75) is 32.3 Å². The third kappa shape index (κ3) is 2.92. The maximum absolute atomic E-state index is 12.3. The molecule has 3 rings (SSSR count). The summed E-state index contributed by atoms with van der Waals surface area (Å²) in [5.74, 6) is 0.960. The lowest BCUT2D eigenvalue weighted by Crippen LogP contribution is -2.36. The number of ether oxygens (including phenoxy) is 2. The average Bonchev–Trinajstić information content (AvgIpc) is 3.06. The Labute approximate surface area is 152 Å². The van der Waals surface area contributed by atoms with Gasteiger partial charge in [0, 0.05) is 30.6 Å². The number of fused-ring (bicyclic) bond motifs is 1. The van der Waals surface area contributed by atoms with Crippen LogP contribution in [0.15, 0.2) is 30.6 Å². The van der Waals surface area contributed by atoms with E-state index < -0.39 is 11.4 Å². The number of nitrogens with zero attached hydrogens (tertiary/aromatic N) is 2. The van der Waals surface area contributed by atoms with Gasteiger partial charge in [-0.3, -0.25) is 4.79 Å². The normalized spacial score (nSPS) is 18.2. The SMILES string of the molecule is CCOC(=O)C(C)(C=O)c1ccc2c(c1)C=C(c1nccn1C)C(C)O2. The van der Waals surface area contributed by atoms with Gasteiger partial charge < -0.3 is 18.8 Å². The molecule has 1 aliphatic rings. The second-order valence-corrected chi connectivity index (χ2v) is 6.51. The third-order valence-corrected chi connectivity index (χ3v) is 4.68. The predicted octanol–water partition coefficient (Wildman–Crippen LogP) is 2.76. The highest BCUT2D eigenvalue weighted by atomic mass is 16.5. The molecule has 2 heterocycles. The van der Waals surface area contributed by atoms with Crippen molar-refractivity contribution in [1.82, 2.24) is 9.55 Å². The first-order valence-corrected chi connectivity index (χ1v) is 8.54. The fourth-order valence-electron chi connectivity index (χ4n) is 3.04. The van der Waals surface area contributed by atoms with Gasteiger partial charge in [0.25, 0.3) is 0 Å². The Balaban J connectivity index is 2.07. The van der Waals surface area contributed by atoms with Crippen LogP contribution in [0.5, 0.6) is 5.75 Å². The number of hydrogen-bond donors (Lipinski definition) is 0. The summed E-state index contributed by atoms with van der Waals surface area (Å²) in [7, 11) is 1.92. The molecule has 136 valence electrons. The minimum absolute atomic E-state index is 0.156. The van der Waals surface area contributed by atoms with Gasteiger partial charge in [-0.15, -0.1) is 0 Å². The van der Waals surface area contributed by atoms with Crippen molar-refractivity contribution in [3.05, 3.63) is 47.5 Å². The number of carbonyl (C=O) groups is 2. The molecule has 0 saturated heterocycles. The van der Waals surface area contributed by atoms with Gasteiger partial charge in [-0.25, -0.2) is 4.98 Å². The Hall–Kier alpha value is -2.89. The van der Waals surface area contributed by atoms with Crippen molar-refractivity contribution in [2.24, 2.45) is 7.05 Å². The zero-order valence-corrected chi connectivity index (χ0v) is 15.4. The van der Waals surface area contributed by atoms with Crippen LogP contribution in [0.1, 0.15) is 37.7 Å². The summed E-state index contributed by atoms with van der Waals surface area (Å²) in [5.41, 5.74) is 0.950. The van der Waals surface area contributed by atoms with Crippen molar-refractivity contribution in [1.29, 1.82) is 0 Å². The summed E-state index contributed by atoms with van der Waals surface area (Å²) in [6.07, 6.45) is 6.07. The maximum atomic E-state index is 12.3. The number of aldehydes is 1. The highest BCUT2D eigenvalue weighted by molar-refractivity contribution is 6.00. The molecular formula is C20H22N2O4. The molecule has 1 aliphatic heterocycles. The van der Waals surface area contributed by atoms with Crippen molar-refractivity contribution in [3.8, 4) is 5.75 Å². The minimum atomic E-state index is -1.36. The maximum Gasteiger partial charge on any atom is 0.323 e. The third-order valence-electron chi connectivity index (χ3n) is 4.68. The van der Waals surface area contributed by atoms with Crippen LogP contribution >= 0.6 is 0 Å². The molecule has 0 saturated carbocycles. The number of aromatic nitrogens is 2. The summed E-state index contributed by atoms with van der Waals surface area (Å²) in [6, 6.07) is 5.32. The number of rotatable bonds is 5. The predicted molar refractivity (Wildman–Crippen MR) is 97.7 cm³/mol. The molecular weight excluding hydrogens is 332 g/mol. The molecule has 0 radical (unpaired) electrons. The van der Waals surface area contributed by atoms with Gasteiger partial charge in [-0.05, 0) is 44.5 Å². The first kappa shape index (κ1) is 17.9. The van der Waals surface area contributed by atoms with E-state index >= 15 is 0 Å². The number of benzene rings is 1. The summed E-state index contributed by atoms with van der Waals surface area (Å²) in [5, 5.41) is 0. The number of esters is 1. The Morgan fingerprint density at radius 2 is 2.23 bits per heavy atom. The average molecular weight is 354 g/mol. The molecule has 1 aromatic heterocycles. The quantitative estimate of drug-likeness (QED) is 0.469. The fraction of sp³-hybridized carbons (Fsp3) is 0.350. The van der Waals surface area contributed by atoms with E-state index in [0.717, 1.165) is 17.0 Å². The van der Waals surface area contributed by atoms with Crippen LogP contribution < -0.4 is 4.74 Å². The molecule has 6 heteroatoms. The summed E-state index contributed by atoms with van der Waals surface area (Å²) in [6.45, 7) is 5.46. The summed E-state index contributed by atoms with van der Waals surface area (Å²) in [4.78, 5) is 28.4. The van der Waals surface area contributed by atoms with Gasteiger partial charge in [0.15, 0.2) is 0 Å². The van der Waals surface area contributed by atoms with E-state index in [4.69, 9.17) is 9.47 Å². The van der Waals surface area contributed by atoms with Crippen LogP contribution in [-0.4, -0.2) is 34.5 Å². The van der Waals surface area contributed by atoms with Crippen LogP contribution in [0.3, 0.4) is 0 Å². The molecule has 26 heavy (non-hydrogen) atoms. The smallest absolute Gasteiger partial charge is 0.323 e.